The molecule has 110 valence electrons. The summed E-state index contributed by atoms with van der Waals surface area (Å²) in [5, 5.41) is 0. The predicted molar refractivity (Wildman–Crippen MR) is 94.8 cm³/mol. The van der Waals surface area contributed by atoms with Crippen molar-refractivity contribution in [3.63, 3.8) is 0 Å². The maximum absolute atomic E-state index is 3.91. The van der Waals surface area contributed by atoms with Crippen LogP contribution >= 0.6 is 0 Å². The molecule has 0 aromatic heterocycles. The van der Waals surface area contributed by atoms with E-state index in [-0.39, 0.29) is 39.9 Å². The Labute approximate surface area is 164 Å². The molecule has 0 spiro atoms. The predicted octanol–water partition coefficient (Wildman–Crippen LogP) is 5.91. The van der Waals surface area contributed by atoms with Crippen molar-refractivity contribution in [2.75, 3.05) is 0 Å². The van der Waals surface area contributed by atoms with Gasteiger partial charge in [0, 0.05) is 0 Å². The minimum atomic E-state index is -0.861. The molecule has 0 aliphatic heterocycles. The van der Waals surface area contributed by atoms with Gasteiger partial charge in [0.2, 0.25) is 0 Å². The Morgan fingerprint density at radius 2 is 0.714 bits per heavy atom. The van der Waals surface area contributed by atoms with Crippen molar-refractivity contribution in [2.24, 2.45) is 0 Å². The van der Waals surface area contributed by atoms with E-state index in [1.54, 1.807) is 0 Å². The maximum atomic E-state index is 3.91. The van der Waals surface area contributed by atoms with Crippen LogP contribution in [0.5, 0.6) is 0 Å². The van der Waals surface area contributed by atoms with Crippen LogP contribution in [0.2, 0.25) is 19.6 Å². The van der Waals surface area contributed by atoms with Gasteiger partial charge in [-0.05, 0) is 0 Å². The first kappa shape index (κ1) is 22.9. The Kier molecular flexibility index (Phi) is 17.4. The van der Waals surface area contributed by atoms with E-state index in [0.717, 1.165) is 0 Å². The monoisotopic (exact) mass is 514 g/mol. The molecule has 0 aliphatic rings. The zero-order chi connectivity index (χ0) is 15.1. The van der Waals surface area contributed by atoms with Gasteiger partial charge >= 0.3 is 39.9 Å². The van der Waals surface area contributed by atoms with E-state index in [4.69, 9.17) is 0 Å². The number of hydrogen-bond acceptors (Lipinski definition) is 0. The average molecular weight is 515 g/mol. The van der Waals surface area contributed by atoms with Crippen LogP contribution in [0.25, 0.3) is 0 Å². The van der Waals surface area contributed by atoms with Gasteiger partial charge < -0.3 is 6.55 Å². The third-order valence-corrected chi connectivity index (χ3v) is 1.67. The fourth-order valence-electron chi connectivity index (χ4n) is 0.962. The molecule has 0 amide bonds. The van der Waals surface area contributed by atoms with E-state index in [1.165, 1.54) is 0 Å². The first-order chi connectivity index (χ1) is 9.50. The minimum Gasteiger partial charge on any atom is -0.342 e. The van der Waals surface area contributed by atoms with Crippen molar-refractivity contribution in [1.29, 1.82) is 0 Å². The fraction of sp³-hybridized carbons (Fsp3) is 0.158. The molecule has 2 heteroatoms. The SMILES string of the molecule is [CH2-][Si](C)(C)C.[Th+4].c1cc[cH-]c1.c1cc[cH-]c1.c1cc[cH-]c1. The molecule has 0 unspecified atom stereocenters. The molecule has 0 atom stereocenters. The van der Waals surface area contributed by atoms with Gasteiger partial charge in [0.25, 0.3) is 0 Å². The van der Waals surface area contributed by atoms with E-state index in [1.807, 2.05) is 91.0 Å². The van der Waals surface area contributed by atoms with Crippen LogP contribution in [-0.4, -0.2) is 8.07 Å². The minimum absolute atomic E-state index is 0. The van der Waals surface area contributed by atoms with E-state index in [9.17, 15) is 0 Å². The third kappa shape index (κ3) is 28.5. The van der Waals surface area contributed by atoms with E-state index < -0.39 is 8.07 Å². The second-order valence-electron chi connectivity index (χ2n) is 5.45. The molecule has 0 radical (unpaired) electrons. The number of hydrogen-bond donors (Lipinski definition) is 0. The molecule has 3 aromatic carbocycles. The van der Waals surface area contributed by atoms with Crippen molar-refractivity contribution < 1.29 is 39.9 Å². The maximum Gasteiger partial charge on any atom is 4.00 e. The van der Waals surface area contributed by atoms with Crippen molar-refractivity contribution in [3.8, 4) is 0 Å². The van der Waals surface area contributed by atoms with Gasteiger partial charge in [0.05, 0.1) is 0 Å². The summed E-state index contributed by atoms with van der Waals surface area (Å²) in [5.74, 6) is 0. The van der Waals surface area contributed by atoms with Crippen molar-refractivity contribution in [3.05, 3.63) is 97.5 Å². The van der Waals surface area contributed by atoms with Gasteiger partial charge in [-0.3, -0.25) is 0 Å². The molecule has 21 heavy (non-hydrogen) atoms. The Bertz CT molecular complexity index is 310. The Balaban J connectivity index is 0. The third-order valence-electron chi connectivity index (χ3n) is 1.67. The van der Waals surface area contributed by atoms with Gasteiger partial charge in [-0.1, -0.05) is 19.6 Å². The molecule has 0 saturated heterocycles. The quantitative estimate of drug-likeness (QED) is 0.258. The molecule has 0 bridgehead atoms. The summed E-state index contributed by atoms with van der Waals surface area (Å²) in [6, 6.07) is 30.0. The molecule has 3 rings (SSSR count). The number of rotatable bonds is 0. The van der Waals surface area contributed by atoms with Gasteiger partial charge in [0.15, 0.2) is 0 Å². The first-order valence-corrected chi connectivity index (χ1v) is 10.6. The summed E-state index contributed by atoms with van der Waals surface area (Å²) in [5.41, 5.74) is 0. The Morgan fingerprint density at radius 1 is 0.571 bits per heavy atom. The molecular weight excluding hydrogens is 488 g/mol. The van der Waals surface area contributed by atoms with Gasteiger partial charge in [0.1, 0.15) is 0 Å². The molecule has 3 aromatic rings. The fourth-order valence-corrected chi connectivity index (χ4v) is 0.962. The molecular formula is C19H26SiTh. The van der Waals surface area contributed by atoms with E-state index in [0.29, 0.717) is 0 Å². The molecule has 0 heterocycles. The summed E-state index contributed by atoms with van der Waals surface area (Å²) >= 11 is 0. The van der Waals surface area contributed by atoms with Crippen LogP contribution in [0.3, 0.4) is 0 Å². The summed E-state index contributed by atoms with van der Waals surface area (Å²) in [6.45, 7) is 10.6. The second kappa shape index (κ2) is 16.0. The van der Waals surface area contributed by atoms with Crippen LogP contribution in [0.1, 0.15) is 0 Å². The summed E-state index contributed by atoms with van der Waals surface area (Å²) in [7, 11) is -0.861. The molecule has 0 N–H and O–H groups in total. The second-order valence-corrected chi connectivity index (χ2v) is 10.6. The van der Waals surface area contributed by atoms with Crippen LogP contribution < -0.4 is 0 Å². The van der Waals surface area contributed by atoms with E-state index >= 15 is 0 Å². The smallest absolute Gasteiger partial charge is 0.342 e. The topological polar surface area (TPSA) is 0 Å². The molecule has 0 saturated carbocycles. The van der Waals surface area contributed by atoms with Gasteiger partial charge in [-0.15, -0.1) is 8.07 Å². The Morgan fingerprint density at radius 3 is 0.762 bits per heavy atom. The van der Waals surface area contributed by atoms with Crippen molar-refractivity contribution in [1.82, 2.24) is 0 Å². The largest absolute Gasteiger partial charge is 4.00 e. The Hall–Kier alpha value is -0.408. The summed E-state index contributed by atoms with van der Waals surface area (Å²) in [4.78, 5) is 0. The first-order valence-electron chi connectivity index (χ1n) is 6.85. The molecule has 0 fully saturated rings. The zero-order valence-corrected chi connectivity index (χ0v) is 18.5. The normalized spacial score (nSPS) is 8.57. The summed E-state index contributed by atoms with van der Waals surface area (Å²) < 4.78 is 0. The average Bonchev–Trinajstić information content (AvgIpc) is 3.17. The standard InChI is InChI=1S/3C5H5.C4H11Si.Th/c3*1-2-4-5-3-1;1-5(2,3)4;/h3*1-5H;1H2,2-4H3;/q4*-1;+4. The van der Waals surface area contributed by atoms with Crippen LogP contribution in [0.15, 0.2) is 91.0 Å². The summed E-state index contributed by atoms with van der Waals surface area (Å²) in [6.07, 6.45) is 0. The van der Waals surface area contributed by atoms with Crippen LogP contribution in [-0.2, 0) is 0 Å². The van der Waals surface area contributed by atoms with Crippen molar-refractivity contribution >= 4 is 8.07 Å². The molecule has 0 nitrogen and oxygen atoms in total. The van der Waals surface area contributed by atoms with Crippen molar-refractivity contribution in [2.45, 2.75) is 19.6 Å². The van der Waals surface area contributed by atoms with E-state index in [2.05, 4.69) is 26.2 Å². The van der Waals surface area contributed by atoms with Crippen LogP contribution in [0, 0.1) is 46.5 Å². The van der Waals surface area contributed by atoms with Gasteiger partial charge in [-0.2, -0.15) is 54.6 Å². The molecule has 0 aliphatic carbocycles. The van der Waals surface area contributed by atoms with Gasteiger partial charge in [-0.25, -0.2) is 36.4 Å². The zero-order valence-electron chi connectivity index (χ0n) is 13.4. The van der Waals surface area contributed by atoms with Crippen LogP contribution in [0.4, 0.5) is 0 Å².